The molecule has 1 heterocycles. The SMILES string of the molecule is CN=C(NCCCOC)N1CCC(=Cc2ccccc2)CC1.I. The largest absolute Gasteiger partial charge is 0.385 e. The topological polar surface area (TPSA) is 36.9 Å². The van der Waals surface area contributed by atoms with E-state index < -0.39 is 0 Å². The molecule has 5 heteroatoms. The number of nitrogens with zero attached hydrogens (tertiary/aromatic N) is 2. The van der Waals surface area contributed by atoms with E-state index in [4.69, 9.17) is 4.74 Å². The van der Waals surface area contributed by atoms with Crippen molar-refractivity contribution in [2.75, 3.05) is 40.4 Å². The van der Waals surface area contributed by atoms with E-state index in [0.717, 1.165) is 51.5 Å². The van der Waals surface area contributed by atoms with Gasteiger partial charge in [0.15, 0.2) is 5.96 Å². The van der Waals surface area contributed by atoms with Crippen LogP contribution in [0.1, 0.15) is 24.8 Å². The molecule has 0 aliphatic carbocycles. The molecule has 0 saturated carbocycles. The third-order valence-electron chi connectivity index (χ3n) is 3.90. The third kappa shape index (κ3) is 6.91. The van der Waals surface area contributed by atoms with Crippen molar-refractivity contribution in [1.29, 1.82) is 0 Å². The Morgan fingerprint density at radius 3 is 2.57 bits per heavy atom. The molecule has 0 aromatic heterocycles. The van der Waals surface area contributed by atoms with Crippen LogP contribution in [0.4, 0.5) is 0 Å². The number of guanidine groups is 1. The zero-order valence-electron chi connectivity index (χ0n) is 14.1. The number of rotatable bonds is 5. The summed E-state index contributed by atoms with van der Waals surface area (Å²) in [6.07, 6.45) is 5.54. The van der Waals surface area contributed by atoms with Gasteiger partial charge in [-0.25, -0.2) is 0 Å². The fourth-order valence-corrected chi connectivity index (χ4v) is 2.68. The minimum absolute atomic E-state index is 0. The Labute approximate surface area is 157 Å². The average molecular weight is 429 g/mol. The first-order chi connectivity index (χ1) is 10.8. The number of methoxy groups -OCH3 is 1. The highest BCUT2D eigenvalue weighted by Crippen LogP contribution is 2.19. The Morgan fingerprint density at radius 1 is 1.26 bits per heavy atom. The van der Waals surface area contributed by atoms with Crippen molar-refractivity contribution < 1.29 is 4.74 Å². The van der Waals surface area contributed by atoms with Crippen LogP contribution in [0.3, 0.4) is 0 Å². The molecule has 1 aliphatic heterocycles. The average Bonchev–Trinajstić information content (AvgIpc) is 2.57. The van der Waals surface area contributed by atoms with Gasteiger partial charge in [0.05, 0.1) is 0 Å². The molecule has 0 radical (unpaired) electrons. The Kier molecular flexibility index (Phi) is 9.94. The van der Waals surface area contributed by atoms with Gasteiger partial charge in [-0.15, -0.1) is 24.0 Å². The van der Waals surface area contributed by atoms with Gasteiger partial charge in [-0.3, -0.25) is 4.99 Å². The summed E-state index contributed by atoms with van der Waals surface area (Å²) in [5, 5.41) is 3.41. The normalized spacial score (nSPS) is 15.1. The predicted octanol–water partition coefficient (Wildman–Crippen LogP) is 3.40. The summed E-state index contributed by atoms with van der Waals surface area (Å²) in [5.74, 6) is 1.01. The highest BCUT2D eigenvalue weighted by atomic mass is 127. The summed E-state index contributed by atoms with van der Waals surface area (Å²) in [6.45, 7) is 3.75. The van der Waals surface area contributed by atoms with E-state index >= 15 is 0 Å². The maximum absolute atomic E-state index is 5.07. The van der Waals surface area contributed by atoms with Crippen LogP contribution in [0.2, 0.25) is 0 Å². The predicted molar refractivity (Wildman–Crippen MR) is 108 cm³/mol. The third-order valence-corrected chi connectivity index (χ3v) is 3.90. The smallest absolute Gasteiger partial charge is 0.193 e. The van der Waals surface area contributed by atoms with E-state index in [1.54, 1.807) is 7.11 Å². The number of likely N-dealkylation sites (tertiary alicyclic amines) is 1. The molecule has 0 unspecified atom stereocenters. The van der Waals surface area contributed by atoms with Crippen molar-refractivity contribution in [3.05, 3.63) is 41.5 Å². The quantitative estimate of drug-likeness (QED) is 0.338. The van der Waals surface area contributed by atoms with E-state index in [1.807, 2.05) is 7.05 Å². The minimum atomic E-state index is 0. The monoisotopic (exact) mass is 429 g/mol. The number of nitrogens with one attached hydrogen (secondary N) is 1. The lowest BCUT2D eigenvalue weighted by Crippen LogP contribution is -2.44. The van der Waals surface area contributed by atoms with Gasteiger partial charge in [-0.2, -0.15) is 0 Å². The summed E-state index contributed by atoms with van der Waals surface area (Å²) in [4.78, 5) is 6.73. The zero-order chi connectivity index (χ0) is 15.6. The second-order valence-electron chi connectivity index (χ2n) is 5.52. The Morgan fingerprint density at radius 2 is 1.96 bits per heavy atom. The molecule has 1 aliphatic rings. The molecular formula is C18H28IN3O. The Hall–Kier alpha value is -1.08. The van der Waals surface area contributed by atoms with Crippen molar-refractivity contribution >= 4 is 36.0 Å². The number of benzene rings is 1. The van der Waals surface area contributed by atoms with Crippen LogP contribution in [0.25, 0.3) is 6.08 Å². The van der Waals surface area contributed by atoms with Gasteiger partial charge in [0.1, 0.15) is 0 Å². The molecular weight excluding hydrogens is 401 g/mol. The number of aliphatic imine (C=N–C) groups is 1. The van der Waals surface area contributed by atoms with Crippen molar-refractivity contribution in [1.82, 2.24) is 10.2 Å². The fourth-order valence-electron chi connectivity index (χ4n) is 2.68. The van der Waals surface area contributed by atoms with Gasteiger partial charge in [0.2, 0.25) is 0 Å². The number of piperidine rings is 1. The number of ether oxygens (including phenoxy) is 1. The highest BCUT2D eigenvalue weighted by Gasteiger charge is 2.16. The molecule has 1 N–H and O–H groups in total. The van der Waals surface area contributed by atoms with Gasteiger partial charge >= 0.3 is 0 Å². The minimum Gasteiger partial charge on any atom is -0.385 e. The maximum Gasteiger partial charge on any atom is 0.193 e. The molecule has 2 rings (SSSR count). The number of hydrogen-bond acceptors (Lipinski definition) is 2. The molecule has 0 amide bonds. The van der Waals surface area contributed by atoms with Crippen LogP contribution in [-0.2, 0) is 4.74 Å². The zero-order valence-corrected chi connectivity index (χ0v) is 16.5. The van der Waals surface area contributed by atoms with Gasteiger partial charge in [-0.05, 0) is 24.8 Å². The second-order valence-corrected chi connectivity index (χ2v) is 5.52. The Balaban J connectivity index is 0.00000264. The van der Waals surface area contributed by atoms with Crippen LogP contribution in [0.15, 0.2) is 40.9 Å². The molecule has 0 bridgehead atoms. The summed E-state index contributed by atoms with van der Waals surface area (Å²) >= 11 is 0. The van der Waals surface area contributed by atoms with Crippen LogP contribution >= 0.6 is 24.0 Å². The molecule has 0 atom stereocenters. The van der Waals surface area contributed by atoms with Crippen molar-refractivity contribution in [3.63, 3.8) is 0 Å². The van der Waals surface area contributed by atoms with Crippen LogP contribution in [-0.4, -0.2) is 51.3 Å². The maximum atomic E-state index is 5.07. The second kappa shape index (κ2) is 11.5. The van der Waals surface area contributed by atoms with Gasteiger partial charge in [0, 0.05) is 40.4 Å². The van der Waals surface area contributed by atoms with Gasteiger partial charge in [0.25, 0.3) is 0 Å². The van der Waals surface area contributed by atoms with Gasteiger partial charge in [-0.1, -0.05) is 42.0 Å². The molecule has 1 fully saturated rings. The number of halogens is 1. The highest BCUT2D eigenvalue weighted by molar-refractivity contribution is 14.0. The fraction of sp³-hybridized carbons (Fsp3) is 0.500. The molecule has 0 spiro atoms. The first kappa shape index (κ1) is 20.0. The lowest BCUT2D eigenvalue weighted by Gasteiger charge is -2.31. The van der Waals surface area contributed by atoms with Crippen LogP contribution in [0, 0.1) is 0 Å². The first-order valence-corrected chi connectivity index (χ1v) is 8.02. The molecule has 1 aromatic rings. The molecule has 4 nitrogen and oxygen atoms in total. The molecule has 1 saturated heterocycles. The Bertz CT molecular complexity index is 492. The van der Waals surface area contributed by atoms with E-state index in [0.29, 0.717) is 0 Å². The van der Waals surface area contributed by atoms with E-state index in [2.05, 4.69) is 51.6 Å². The summed E-state index contributed by atoms with van der Waals surface area (Å²) < 4.78 is 5.07. The van der Waals surface area contributed by atoms with Crippen molar-refractivity contribution in [3.8, 4) is 0 Å². The summed E-state index contributed by atoms with van der Waals surface area (Å²) in [7, 11) is 3.59. The van der Waals surface area contributed by atoms with E-state index in [1.165, 1.54) is 11.1 Å². The molecule has 1 aromatic carbocycles. The lowest BCUT2D eigenvalue weighted by atomic mass is 10.0. The van der Waals surface area contributed by atoms with E-state index in [-0.39, 0.29) is 24.0 Å². The van der Waals surface area contributed by atoms with Crippen LogP contribution < -0.4 is 5.32 Å². The van der Waals surface area contributed by atoms with E-state index in [9.17, 15) is 0 Å². The van der Waals surface area contributed by atoms with Crippen LogP contribution in [0.5, 0.6) is 0 Å². The molecule has 23 heavy (non-hydrogen) atoms. The summed E-state index contributed by atoms with van der Waals surface area (Å²) in [5.41, 5.74) is 2.82. The van der Waals surface area contributed by atoms with Crippen molar-refractivity contribution in [2.24, 2.45) is 4.99 Å². The first-order valence-electron chi connectivity index (χ1n) is 8.02. The number of hydrogen-bond donors (Lipinski definition) is 1. The lowest BCUT2D eigenvalue weighted by molar-refractivity contribution is 0.195. The molecule has 128 valence electrons. The summed E-state index contributed by atoms with van der Waals surface area (Å²) in [6, 6.07) is 10.6. The standard InChI is InChI=1S/C18H27N3O.HI/c1-19-18(20-11-6-14-22-2)21-12-9-17(10-13-21)15-16-7-4-3-5-8-16;/h3-5,7-8,15H,6,9-14H2,1-2H3,(H,19,20);1H. The van der Waals surface area contributed by atoms with Crippen molar-refractivity contribution in [2.45, 2.75) is 19.3 Å². The van der Waals surface area contributed by atoms with Gasteiger partial charge < -0.3 is 15.0 Å².